The van der Waals surface area contributed by atoms with Crippen LogP contribution in [0.4, 0.5) is 0 Å². The number of hydrogen-bond donors (Lipinski definition) is 0. The molecule has 0 aliphatic heterocycles. The third kappa shape index (κ3) is 11.8. The normalized spacial score (nSPS) is 28.7. The van der Waals surface area contributed by atoms with E-state index in [0.29, 0.717) is 5.41 Å². The minimum Gasteiger partial charge on any atom is -0.414 e. The highest BCUT2D eigenvalue weighted by atomic mass is 28.4. The lowest BCUT2D eigenvalue weighted by Crippen LogP contribution is -2.48. The van der Waals surface area contributed by atoms with E-state index in [1.807, 2.05) is 0 Å². The second-order valence-corrected chi connectivity index (χ2v) is 34.2. The molecule has 3 nitrogen and oxygen atoms in total. The molecule has 0 saturated heterocycles. The van der Waals surface area contributed by atoms with Gasteiger partial charge in [0, 0.05) is 0 Å². The zero-order valence-corrected chi connectivity index (χ0v) is 35.8. The smallest absolute Gasteiger partial charge is 0.192 e. The van der Waals surface area contributed by atoms with Crippen molar-refractivity contribution >= 4 is 25.0 Å². The fourth-order valence-electron chi connectivity index (χ4n) is 8.01. The molecule has 3 saturated carbocycles. The van der Waals surface area contributed by atoms with Crippen LogP contribution in [-0.2, 0) is 13.3 Å². The fourth-order valence-corrected chi connectivity index (χ4v) is 12.5. The molecule has 0 bridgehead atoms. The van der Waals surface area contributed by atoms with Crippen molar-refractivity contribution < 1.29 is 13.3 Å². The molecule has 3 aliphatic carbocycles. The van der Waals surface area contributed by atoms with Crippen molar-refractivity contribution in [2.24, 2.45) is 11.3 Å². The van der Waals surface area contributed by atoms with Crippen LogP contribution < -0.4 is 0 Å². The first kappa shape index (κ1) is 39.4. The van der Waals surface area contributed by atoms with Gasteiger partial charge in [-0.05, 0) is 152 Å². The molecule has 0 N–H and O–H groups in total. The summed E-state index contributed by atoms with van der Waals surface area (Å²) >= 11 is 0. The summed E-state index contributed by atoms with van der Waals surface area (Å²) in [4.78, 5) is 0. The molecule has 262 valence electrons. The van der Waals surface area contributed by atoms with Crippen LogP contribution in [0.3, 0.4) is 0 Å². The van der Waals surface area contributed by atoms with Gasteiger partial charge in [0.15, 0.2) is 25.0 Å². The number of hydrogen-bond acceptors (Lipinski definition) is 3. The third-order valence-corrected chi connectivity index (χ3v) is 22.4. The van der Waals surface area contributed by atoms with Crippen LogP contribution in [0.1, 0.15) is 139 Å². The lowest BCUT2D eigenvalue weighted by atomic mass is 9.70. The Kier molecular flexibility index (Phi) is 12.7. The quantitative estimate of drug-likeness (QED) is 0.204. The lowest BCUT2D eigenvalue weighted by molar-refractivity contribution is 0.0725. The van der Waals surface area contributed by atoms with Crippen LogP contribution >= 0.6 is 0 Å². The van der Waals surface area contributed by atoms with Gasteiger partial charge in [0.05, 0.1) is 17.8 Å². The molecule has 0 aromatic heterocycles. The highest BCUT2D eigenvalue weighted by molar-refractivity contribution is 6.74. The summed E-state index contributed by atoms with van der Waals surface area (Å²) in [6.07, 6.45) is 22.4. The van der Waals surface area contributed by atoms with Gasteiger partial charge < -0.3 is 13.3 Å². The minimum atomic E-state index is -1.85. The van der Waals surface area contributed by atoms with Crippen molar-refractivity contribution in [3.8, 4) is 0 Å². The van der Waals surface area contributed by atoms with E-state index in [0.717, 1.165) is 25.2 Å². The zero-order valence-electron chi connectivity index (χ0n) is 32.8. The molecular formula is C39H76O3Si3. The molecular weight excluding hydrogens is 601 g/mol. The van der Waals surface area contributed by atoms with Crippen LogP contribution in [0.5, 0.6) is 0 Å². The molecule has 0 radical (unpaired) electrons. The van der Waals surface area contributed by atoms with E-state index in [1.54, 1.807) is 11.1 Å². The van der Waals surface area contributed by atoms with Gasteiger partial charge in [-0.1, -0.05) is 77.7 Å². The predicted molar refractivity (Wildman–Crippen MR) is 205 cm³/mol. The maximum absolute atomic E-state index is 7.07. The fraction of sp³-hybridized carbons (Fsp3) is 0.897. The van der Waals surface area contributed by atoms with Gasteiger partial charge in [0.2, 0.25) is 0 Å². The molecule has 45 heavy (non-hydrogen) atoms. The van der Waals surface area contributed by atoms with Crippen LogP contribution in [0, 0.1) is 11.3 Å². The van der Waals surface area contributed by atoms with Crippen molar-refractivity contribution in [1.29, 1.82) is 0 Å². The molecule has 6 heteroatoms. The van der Waals surface area contributed by atoms with Crippen molar-refractivity contribution in [3.05, 3.63) is 23.3 Å². The van der Waals surface area contributed by atoms with Crippen molar-refractivity contribution in [1.82, 2.24) is 0 Å². The minimum absolute atomic E-state index is 0.0254. The third-order valence-electron chi connectivity index (χ3n) is 12.2. The first-order valence-corrected chi connectivity index (χ1v) is 28.0. The lowest BCUT2D eigenvalue weighted by Gasteiger charge is -2.45. The Bertz CT molecular complexity index is 999. The molecule has 0 unspecified atom stereocenters. The molecule has 4 atom stereocenters. The summed E-state index contributed by atoms with van der Waals surface area (Å²) in [6, 6.07) is 0. The highest BCUT2D eigenvalue weighted by Gasteiger charge is 2.44. The van der Waals surface area contributed by atoms with E-state index < -0.39 is 25.0 Å². The second-order valence-electron chi connectivity index (χ2n) is 20.3. The van der Waals surface area contributed by atoms with Gasteiger partial charge in [-0.3, -0.25) is 0 Å². The molecule has 3 aliphatic rings. The Labute approximate surface area is 284 Å². The molecule has 3 fully saturated rings. The van der Waals surface area contributed by atoms with E-state index in [1.165, 1.54) is 64.2 Å². The van der Waals surface area contributed by atoms with Crippen LogP contribution in [0.15, 0.2) is 23.3 Å². The Morgan fingerprint density at radius 1 is 0.756 bits per heavy atom. The van der Waals surface area contributed by atoms with E-state index in [-0.39, 0.29) is 27.9 Å². The first-order valence-electron chi connectivity index (χ1n) is 18.7. The topological polar surface area (TPSA) is 27.7 Å². The van der Waals surface area contributed by atoms with Gasteiger partial charge >= 0.3 is 0 Å². The Morgan fingerprint density at radius 3 is 1.80 bits per heavy atom. The zero-order chi connectivity index (χ0) is 34.1. The van der Waals surface area contributed by atoms with Crippen molar-refractivity contribution in [2.45, 2.75) is 213 Å². The number of rotatable bonds is 11. The van der Waals surface area contributed by atoms with Crippen LogP contribution in [0.25, 0.3) is 0 Å². The second kappa shape index (κ2) is 14.5. The number of allylic oxidation sites excluding steroid dienone is 3. The molecule has 0 aromatic carbocycles. The van der Waals surface area contributed by atoms with E-state index in [9.17, 15) is 0 Å². The van der Waals surface area contributed by atoms with E-state index in [2.05, 4.69) is 113 Å². The average Bonchev–Trinajstić information content (AvgIpc) is 3.20. The Hall–Kier alpha value is 0.0106. The maximum Gasteiger partial charge on any atom is 0.192 e. The summed E-state index contributed by atoms with van der Waals surface area (Å²) in [5, 5.41) is 0.444. The highest BCUT2D eigenvalue weighted by Crippen LogP contribution is 2.54. The van der Waals surface area contributed by atoms with Gasteiger partial charge in [-0.2, -0.15) is 0 Å². The standard InChI is InChI=1S/C39H76O3Si3/c1-36(2,3)44(12,13)40-34-26-33(27-35(28-34)41-45(14,15)37(4,5)6)21-20-31-19-17-24-39(29-31)25-22-32(30-39)18-16-23-38(7,8)42-43(9,10)11/h20-21,32,34-35H,16-19,22-30H2,1-15H3/b31-20-/t32-,34-,35-,39+/m1/s1. The average molecular weight is 677 g/mol. The molecule has 0 amide bonds. The largest absolute Gasteiger partial charge is 0.414 e. The van der Waals surface area contributed by atoms with Gasteiger partial charge in [0.1, 0.15) is 0 Å². The Balaban J connectivity index is 1.67. The first-order chi connectivity index (χ1) is 20.3. The molecule has 0 aromatic rings. The van der Waals surface area contributed by atoms with Crippen molar-refractivity contribution in [3.63, 3.8) is 0 Å². The monoisotopic (exact) mass is 677 g/mol. The van der Waals surface area contributed by atoms with Gasteiger partial charge in [-0.25, -0.2) is 0 Å². The van der Waals surface area contributed by atoms with Crippen molar-refractivity contribution in [2.75, 3.05) is 0 Å². The summed E-state index contributed by atoms with van der Waals surface area (Å²) in [6.45, 7) is 35.4. The summed E-state index contributed by atoms with van der Waals surface area (Å²) in [5.41, 5.74) is 3.84. The van der Waals surface area contributed by atoms with E-state index >= 15 is 0 Å². The molecule has 3 rings (SSSR count). The Morgan fingerprint density at radius 2 is 1.29 bits per heavy atom. The van der Waals surface area contributed by atoms with Gasteiger partial charge in [0.25, 0.3) is 0 Å². The summed E-state index contributed by atoms with van der Waals surface area (Å²) in [7, 11) is -5.21. The van der Waals surface area contributed by atoms with Crippen LogP contribution in [-0.4, -0.2) is 42.8 Å². The van der Waals surface area contributed by atoms with Gasteiger partial charge in [-0.15, -0.1) is 0 Å². The van der Waals surface area contributed by atoms with Crippen LogP contribution in [0.2, 0.25) is 55.9 Å². The predicted octanol–water partition coefficient (Wildman–Crippen LogP) is 13.0. The molecule has 0 heterocycles. The molecule has 1 spiro atoms. The van der Waals surface area contributed by atoms with E-state index in [4.69, 9.17) is 13.3 Å². The summed E-state index contributed by atoms with van der Waals surface area (Å²) in [5.74, 6) is 0.908. The maximum atomic E-state index is 7.07. The summed E-state index contributed by atoms with van der Waals surface area (Å²) < 4.78 is 20.6. The SMILES string of the molecule is CC(C)(CCC[C@@H]1CC[C@]2(CCC/C(=C/C=C3C[C@@H](O[Si](C)(C)C(C)(C)C)C[C@H](O[Si](C)(C)C(C)(C)C)C3)C2)C1)O[Si](C)(C)C.